The molecule has 2 aromatic rings. The molecule has 4 nitrogen and oxygen atoms in total. The molecule has 1 amide bonds. The quantitative estimate of drug-likeness (QED) is 0.932. The van der Waals surface area contributed by atoms with E-state index < -0.39 is 11.9 Å². The summed E-state index contributed by atoms with van der Waals surface area (Å²) < 4.78 is 0. The van der Waals surface area contributed by atoms with Gasteiger partial charge in [-0.15, -0.1) is 0 Å². The lowest BCUT2D eigenvalue weighted by atomic mass is 9.89. The maximum Gasteiger partial charge on any atom is 0.308 e. The fraction of sp³-hybridized carbons (Fsp3) is 0.333. The molecule has 0 saturated carbocycles. The number of hydrogen-bond donors (Lipinski definition) is 1. The Balaban J connectivity index is 1.79. The smallest absolute Gasteiger partial charge is 0.308 e. The summed E-state index contributed by atoms with van der Waals surface area (Å²) in [4.78, 5) is 26.2. The van der Waals surface area contributed by atoms with Gasteiger partial charge < -0.3 is 10.0 Å². The summed E-state index contributed by atoms with van der Waals surface area (Å²) in [5.41, 5.74) is 4.23. The van der Waals surface area contributed by atoms with Crippen LogP contribution >= 0.6 is 0 Å². The van der Waals surface area contributed by atoms with Crippen molar-refractivity contribution in [2.45, 2.75) is 26.2 Å². The maximum absolute atomic E-state index is 12.8. The molecular weight excluding hydrogens is 314 g/mol. The van der Waals surface area contributed by atoms with Crippen LogP contribution in [0, 0.1) is 19.8 Å². The number of rotatable bonds is 4. The van der Waals surface area contributed by atoms with E-state index in [2.05, 4.69) is 0 Å². The van der Waals surface area contributed by atoms with Crippen LogP contribution in [0.25, 0.3) is 0 Å². The standard InChI is InChI=1S/C21H23NO3/c1-14-7-6-8-15(2)17(14)11-20(23)22-12-18(19(13-22)21(24)25)16-9-4-3-5-10-16/h3-10,18-19H,11-13H2,1-2H3,(H,24,25). The van der Waals surface area contributed by atoms with Gasteiger partial charge in [0.1, 0.15) is 0 Å². The third kappa shape index (κ3) is 3.58. The molecule has 2 aromatic carbocycles. The Bertz CT molecular complexity index is 765. The number of carbonyl (C=O) groups is 2. The molecule has 1 aliphatic heterocycles. The van der Waals surface area contributed by atoms with Gasteiger partial charge in [0.05, 0.1) is 12.3 Å². The van der Waals surface area contributed by atoms with E-state index in [1.807, 2.05) is 62.4 Å². The van der Waals surface area contributed by atoms with E-state index in [0.717, 1.165) is 22.3 Å². The average Bonchev–Trinajstić information content (AvgIpc) is 3.05. The van der Waals surface area contributed by atoms with Crippen molar-refractivity contribution in [3.05, 3.63) is 70.8 Å². The summed E-state index contributed by atoms with van der Waals surface area (Å²) in [6, 6.07) is 15.6. The minimum absolute atomic E-state index is 0.00193. The van der Waals surface area contributed by atoms with Crippen molar-refractivity contribution in [1.82, 2.24) is 4.90 Å². The first-order valence-corrected chi connectivity index (χ1v) is 8.58. The van der Waals surface area contributed by atoms with Gasteiger partial charge in [0.15, 0.2) is 0 Å². The number of likely N-dealkylation sites (tertiary alicyclic amines) is 1. The largest absolute Gasteiger partial charge is 0.481 e. The van der Waals surface area contributed by atoms with E-state index in [4.69, 9.17) is 0 Å². The Labute approximate surface area is 148 Å². The van der Waals surface area contributed by atoms with Crippen LogP contribution in [0.4, 0.5) is 0 Å². The molecule has 1 saturated heterocycles. The number of aliphatic carboxylic acids is 1. The van der Waals surface area contributed by atoms with E-state index in [1.165, 1.54) is 0 Å². The van der Waals surface area contributed by atoms with Crippen LogP contribution in [0.15, 0.2) is 48.5 Å². The van der Waals surface area contributed by atoms with Crippen molar-refractivity contribution in [2.24, 2.45) is 5.92 Å². The summed E-state index contributed by atoms with van der Waals surface area (Å²) in [5.74, 6) is -1.54. The lowest BCUT2D eigenvalue weighted by Gasteiger charge is -2.18. The highest BCUT2D eigenvalue weighted by atomic mass is 16.4. The number of amides is 1. The molecule has 1 heterocycles. The molecule has 1 fully saturated rings. The van der Waals surface area contributed by atoms with Crippen LogP contribution in [-0.4, -0.2) is 35.0 Å². The van der Waals surface area contributed by atoms with Gasteiger partial charge in [0.2, 0.25) is 5.91 Å². The molecule has 1 aliphatic rings. The zero-order valence-corrected chi connectivity index (χ0v) is 14.6. The summed E-state index contributed by atoms with van der Waals surface area (Å²) in [5, 5.41) is 9.58. The van der Waals surface area contributed by atoms with E-state index >= 15 is 0 Å². The maximum atomic E-state index is 12.8. The van der Waals surface area contributed by atoms with Crippen LogP contribution < -0.4 is 0 Å². The van der Waals surface area contributed by atoms with Crippen molar-refractivity contribution < 1.29 is 14.7 Å². The Morgan fingerprint density at radius 3 is 2.24 bits per heavy atom. The number of benzene rings is 2. The summed E-state index contributed by atoms with van der Waals surface area (Å²) in [6.07, 6.45) is 0.326. The molecule has 1 N–H and O–H groups in total. The number of carboxylic acid groups (broad SMARTS) is 1. The predicted molar refractivity (Wildman–Crippen MR) is 96.5 cm³/mol. The van der Waals surface area contributed by atoms with Crippen molar-refractivity contribution in [3.8, 4) is 0 Å². The van der Waals surface area contributed by atoms with Crippen LogP contribution in [0.1, 0.15) is 28.2 Å². The molecule has 0 aliphatic carbocycles. The van der Waals surface area contributed by atoms with E-state index in [1.54, 1.807) is 4.90 Å². The van der Waals surface area contributed by atoms with Gasteiger partial charge in [-0.2, -0.15) is 0 Å². The predicted octanol–water partition coefficient (Wildman–Crippen LogP) is 3.17. The molecule has 2 atom stereocenters. The Morgan fingerprint density at radius 1 is 1.00 bits per heavy atom. The molecular formula is C21H23NO3. The SMILES string of the molecule is Cc1cccc(C)c1CC(=O)N1CC(C(=O)O)C(c2ccccc2)C1. The minimum atomic E-state index is -0.837. The van der Waals surface area contributed by atoms with Crippen LogP contribution in [0.2, 0.25) is 0 Å². The van der Waals surface area contributed by atoms with Crippen LogP contribution in [0.5, 0.6) is 0 Å². The highest BCUT2D eigenvalue weighted by Crippen LogP contribution is 2.33. The topological polar surface area (TPSA) is 57.6 Å². The van der Waals surface area contributed by atoms with Gasteiger partial charge in [-0.05, 0) is 36.1 Å². The lowest BCUT2D eigenvalue weighted by molar-refractivity contribution is -0.141. The van der Waals surface area contributed by atoms with Crippen molar-refractivity contribution >= 4 is 11.9 Å². The Kier molecular flexibility index (Phi) is 4.88. The second kappa shape index (κ2) is 7.09. The summed E-state index contributed by atoms with van der Waals surface area (Å²) in [7, 11) is 0. The normalized spacial score (nSPS) is 19.8. The Morgan fingerprint density at radius 2 is 1.64 bits per heavy atom. The first kappa shape index (κ1) is 17.2. The van der Waals surface area contributed by atoms with E-state index in [0.29, 0.717) is 13.0 Å². The third-order valence-corrected chi connectivity index (χ3v) is 5.19. The first-order chi connectivity index (χ1) is 12.0. The molecule has 0 radical (unpaired) electrons. The molecule has 3 rings (SSSR count). The van der Waals surface area contributed by atoms with Crippen molar-refractivity contribution in [3.63, 3.8) is 0 Å². The molecule has 2 unspecified atom stereocenters. The second-order valence-electron chi connectivity index (χ2n) is 6.81. The van der Waals surface area contributed by atoms with Crippen LogP contribution in [0.3, 0.4) is 0 Å². The van der Waals surface area contributed by atoms with Crippen LogP contribution in [-0.2, 0) is 16.0 Å². The van der Waals surface area contributed by atoms with Gasteiger partial charge in [-0.25, -0.2) is 0 Å². The zero-order valence-electron chi connectivity index (χ0n) is 14.6. The van der Waals surface area contributed by atoms with Gasteiger partial charge in [0.25, 0.3) is 0 Å². The molecule has 130 valence electrons. The molecule has 0 spiro atoms. The monoisotopic (exact) mass is 337 g/mol. The number of nitrogens with zero attached hydrogens (tertiary/aromatic N) is 1. The number of hydrogen-bond acceptors (Lipinski definition) is 2. The third-order valence-electron chi connectivity index (χ3n) is 5.19. The second-order valence-corrected chi connectivity index (χ2v) is 6.81. The van der Waals surface area contributed by atoms with Gasteiger partial charge in [-0.3, -0.25) is 9.59 Å². The lowest BCUT2D eigenvalue weighted by Crippen LogP contribution is -2.31. The molecule has 0 bridgehead atoms. The molecule has 4 heteroatoms. The Hall–Kier alpha value is -2.62. The minimum Gasteiger partial charge on any atom is -0.481 e. The molecule has 25 heavy (non-hydrogen) atoms. The highest BCUT2D eigenvalue weighted by molar-refractivity contribution is 5.82. The van der Waals surface area contributed by atoms with Gasteiger partial charge in [0, 0.05) is 19.0 Å². The van der Waals surface area contributed by atoms with Gasteiger partial charge >= 0.3 is 5.97 Å². The number of carboxylic acids is 1. The number of aryl methyl sites for hydroxylation is 2. The summed E-state index contributed by atoms with van der Waals surface area (Å²) in [6.45, 7) is 4.75. The average molecular weight is 337 g/mol. The van der Waals surface area contributed by atoms with E-state index in [-0.39, 0.29) is 18.4 Å². The van der Waals surface area contributed by atoms with Crippen molar-refractivity contribution in [2.75, 3.05) is 13.1 Å². The summed E-state index contributed by atoms with van der Waals surface area (Å²) >= 11 is 0. The molecule has 0 aromatic heterocycles. The zero-order chi connectivity index (χ0) is 18.0. The highest BCUT2D eigenvalue weighted by Gasteiger charge is 2.40. The van der Waals surface area contributed by atoms with Crippen molar-refractivity contribution in [1.29, 1.82) is 0 Å². The number of carbonyl (C=O) groups excluding carboxylic acids is 1. The van der Waals surface area contributed by atoms with Gasteiger partial charge in [-0.1, -0.05) is 48.5 Å². The fourth-order valence-corrected chi connectivity index (χ4v) is 3.69. The fourth-order valence-electron chi connectivity index (χ4n) is 3.69. The first-order valence-electron chi connectivity index (χ1n) is 8.58. The van der Waals surface area contributed by atoms with E-state index in [9.17, 15) is 14.7 Å².